The summed E-state index contributed by atoms with van der Waals surface area (Å²) in [6.45, 7) is 5.11. The molecule has 0 saturated carbocycles. The third-order valence-electron chi connectivity index (χ3n) is 5.07. The number of benzene rings is 2. The van der Waals surface area contributed by atoms with E-state index in [0.717, 1.165) is 39.8 Å². The van der Waals surface area contributed by atoms with E-state index in [2.05, 4.69) is 5.32 Å². The molecule has 3 aromatic rings. The van der Waals surface area contributed by atoms with E-state index < -0.39 is 0 Å². The number of hydrogen-bond acceptors (Lipinski definition) is 4. The molecule has 150 valence electrons. The van der Waals surface area contributed by atoms with Gasteiger partial charge in [-0.15, -0.1) is 0 Å². The van der Waals surface area contributed by atoms with Gasteiger partial charge in [-0.3, -0.25) is 4.79 Å². The number of aromatic nitrogens is 1. The van der Waals surface area contributed by atoms with E-state index >= 15 is 0 Å². The van der Waals surface area contributed by atoms with Crippen molar-refractivity contribution < 1.29 is 19.4 Å². The maximum Gasteiger partial charge on any atom is 0.257 e. The van der Waals surface area contributed by atoms with Crippen LogP contribution in [0.3, 0.4) is 0 Å². The monoisotopic (exact) mass is 392 g/mol. The fourth-order valence-electron chi connectivity index (χ4n) is 3.64. The number of fused-ring (bicyclic) bond motifs is 1. The quantitative estimate of drug-likeness (QED) is 0.695. The fraction of sp³-hybridized carbons (Fsp3) is 0.261. The van der Waals surface area contributed by atoms with Crippen molar-refractivity contribution >= 4 is 11.6 Å². The lowest BCUT2D eigenvalue weighted by molar-refractivity contribution is 0.102. The standard InChI is InChI=1S/C23H24N2O4/c1-15-13-20(23(27)24-18-5-3-17(4-6-18)9-10-26)16(2)25(15)19-7-8-21-22(14-19)29-12-11-28-21/h3-8,13-14,26H,9-12H2,1-2H3,(H,24,27). The van der Waals surface area contributed by atoms with Crippen LogP contribution >= 0.6 is 0 Å². The minimum absolute atomic E-state index is 0.109. The molecule has 4 rings (SSSR count). The topological polar surface area (TPSA) is 72.7 Å². The first-order valence-electron chi connectivity index (χ1n) is 9.67. The van der Waals surface area contributed by atoms with Gasteiger partial charge in [-0.2, -0.15) is 0 Å². The summed E-state index contributed by atoms with van der Waals surface area (Å²) in [5.41, 5.74) is 5.12. The summed E-state index contributed by atoms with van der Waals surface area (Å²) in [5.74, 6) is 1.30. The second-order valence-corrected chi connectivity index (χ2v) is 7.07. The van der Waals surface area contributed by atoms with E-state index in [9.17, 15) is 4.79 Å². The van der Waals surface area contributed by atoms with E-state index in [1.807, 2.05) is 66.9 Å². The highest BCUT2D eigenvalue weighted by molar-refractivity contribution is 6.05. The zero-order valence-corrected chi connectivity index (χ0v) is 16.6. The van der Waals surface area contributed by atoms with Gasteiger partial charge in [0.25, 0.3) is 5.91 Å². The molecule has 1 aliphatic rings. The Morgan fingerprint density at radius 3 is 2.48 bits per heavy atom. The molecular formula is C23H24N2O4. The minimum atomic E-state index is -0.156. The third kappa shape index (κ3) is 3.84. The van der Waals surface area contributed by atoms with E-state index in [1.165, 1.54) is 0 Å². The van der Waals surface area contributed by atoms with E-state index in [1.54, 1.807) is 0 Å². The molecule has 0 unspecified atom stereocenters. The molecule has 0 fully saturated rings. The number of aliphatic hydroxyl groups excluding tert-OH is 1. The summed E-state index contributed by atoms with van der Waals surface area (Å²) in [6, 6.07) is 15.2. The van der Waals surface area contributed by atoms with Gasteiger partial charge in [0.15, 0.2) is 11.5 Å². The summed E-state index contributed by atoms with van der Waals surface area (Å²) in [6.07, 6.45) is 0.602. The number of carbonyl (C=O) groups excluding carboxylic acids is 1. The molecule has 6 nitrogen and oxygen atoms in total. The predicted octanol–water partition coefficient (Wildman–Crippen LogP) is 3.65. The summed E-state index contributed by atoms with van der Waals surface area (Å²) in [5, 5.41) is 12.0. The van der Waals surface area contributed by atoms with Crippen molar-refractivity contribution in [1.29, 1.82) is 0 Å². The van der Waals surface area contributed by atoms with Gasteiger partial charge < -0.3 is 24.5 Å². The van der Waals surface area contributed by atoms with Crippen LogP contribution < -0.4 is 14.8 Å². The van der Waals surface area contributed by atoms with Crippen LogP contribution in [0.15, 0.2) is 48.5 Å². The molecule has 2 heterocycles. The van der Waals surface area contributed by atoms with E-state index in [4.69, 9.17) is 14.6 Å². The number of aliphatic hydroxyl groups is 1. The molecule has 1 amide bonds. The van der Waals surface area contributed by atoms with Crippen molar-refractivity contribution in [2.24, 2.45) is 0 Å². The lowest BCUT2D eigenvalue weighted by Gasteiger charge is -2.20. The van der Waals surface area contributed by atoms with Gasteiger partial charge in [0.2, 0.25) is 0 Å². The second-order valence-electron chi connectivity index (χ2n) is 7.07. The highest BCUT2D eigenvalue weighted by Gasteiger charge is 2.19. The lowest BCUT2D eigenvalue weighted by Crippen LogP contribution is -2.16. The summed E-state index contributed by atoms with van der Waals surface area (Å²) in [7, 11) is 0. The van der Waals surface area contributed by atoms with Gasteiger partial charge in [-0.05, 0) is 56.2 Å². The number of rotatable bonds is 5. The van der Waals surface area contributed by atoms with Crippen molar-refractivity contribution in [2.75, 3.05) is 25.1 Å². The molecular weight excluding hydrogens is 368 g/mol. The average Bonchev–Trinajstić information content (AvgIpc) is 3.03. The number of nitrogens with one attached hydrogen (secondary N) is 1. The minimum Gasteiger partial charge on any atom is -0.486 e. The third-order valence-corrected chi connectivity index (χ3v) is 5.07. The Morgan fingerprint density at radius 1 is 1.03 bits per heavy atom. The molecule has 1 aromatic heterocycles. The molecule has 0 bridgehead atoms. The number of carbonyl (C=O) groups is 1. The van der Waals surface area contributed by atoms with Crippen LogP contribution in [-0.4, -0.2) is 35.4 Å². The van der Waals surface area contributed by atoms with Crippen LogP contribution in [0, 0.1) is 13.8 Å². The van der Waals surface area contributed by atoms with Gasteiger partial charge in [0.1, 0.15) is 13.2 Å². The molecule has 0 aliphatic carbocycles. The SMILES string of the molecule is Cc1cc(C(=O)Nc2ccc(CCO)cc2)c(C)n1-c1ccc2c(c1)OCCO2. The molecule has 0 atom stereocenters. The second kappa shape index (κ2) is 8.01. The summed E-state index contributed by atoms with van der Waals surface area (Å²) >= 11 is 0. The lowest BCUT2D eigenvalue weighted by atomic mass is 10.1. The van der Waals surface area contributed by atoms with Crippen LogP contribution in [0.2, 0.25) is 0 Å². The largest absolute Gasteiger partial charge is 0.486 e. The van der Waals surface area contributed by atoms with Crippen LogP contribution in [0.4, 0.5) is 5.69 Å². The Balaban J connectivity index is 1.59. The van der Waals surface area contributed by atoms with Crippen LogP contribution in [-0.2, 0) is 6.42 Å². The molecule has 1 aliphatic heterocycles. The first kappa shape index (κ1) is 19.1. The Labute approximate surface area is 169 Å². The van der Waals surface area contributed by atoms with Gasteiger partial charge in [-0.1, -0.05) is 12.1 Å². The maximum absolute atomic E-state index is 12.9. The first-order chi connectivity index (χ1) is 14.1. The van der Waals surface area contributed by atoms with Gasteiger partial charge in [0, 0.05) is 35.4 Å². The van der Waals surface area contributed by atoms with Crippen LogP contribution in [0.1, 0.15) is 27.3 Å². The van der Waals surface area contributed by atoms with Crippen molar-refractivity contribution in [2.45, 2.75) is 20.3 Å². The highest BCUT2D eigenvalue weighted by Crippen LogP contribution is 2.33. The van der Waals surface area contributed by atoms with E-state index in [0.29, 0.717) is 25.2 Å². The number of anilines is 1. The number of aryl methyl sites for hydroxylation is 1. The van der Waals surface area contributed by atoms with Crippen molar-refractivity contribution in [3.8, 4) is 17.2 Å². The zero-order valence-electron chi connectivity index (χ0n) is 16.6. The zero-order chi connectivity index (χ0) is 20.4. The molecule has 2 aromatic carbocycles. The first-order valence-corrected chi connectivity index (χ1v) is 9.67. The normalized spacial score (nSPS) is 12.7. The number of ether oxygens (including phenoxy) is 2. The molecule has 2 N–H and O–H groups in total. The predicted molar refractivity (Wildman–Crippen MR) is 111 cm³/mol. The van der Waals surface area contributed by atoms with Gasteiger partial charge in [0.05, 0.1) is 5.56 Å². The van der Waals surface area contributed by atoms with Gasteiger partial charge in [-0.25, -0.2) is 0 Å². The van der Waals surface area contributed by atoms with Crippen molar-refractivity contribution in [3.05, 3.63) is 71.0 Å². The van der Waals surface area contributed by atoms with Crippen LogP contribution in [0.25, 0.3) is 5.69 Å². The average molecular weight is 392 g/mol. The maximum atomic E-state index is 12.9. The number of amides is 1. The van der Waals surface area contributed by atoms with Gasteiger partial charge >= 0.3 is 0 Å². The number of nitrogens with zero attached hydrogens (tertiary/aromatic N) is 1. The van der Waals surface area contributed by atoms with Crippen LogP contribution in [0.5, 0.6) is 11.5 Å². The summed E-state index contributed by atoms with van der Waals surface area (Å²) < 4.78 is 13.3. The molecule has 0 radical (unpaired) electrons. The highest BCUT2D eigenvalue weighted by atomic mass is 16.6. The molecule has 0 spiro atoms. The van der Waals surface area contributed by atoms with Crippen molar-refractivity contribution in [1.82, 2.24) is 4.57 Å². The Hall–Kier alpha value is -3.25. The molecule has 0 saturated heterocycles. The fourth-order valence-corrected chi connectivity index (χ4v) is 3.64. The number of hydrogen-bond donors (Lipinski definition) is 2. The molecule has 6 heteroatoms. The Morgan fingerprint density at radius 2 is 1.76 bits per heavy atom. The summed E-state index contributed by atoms with van der Waals surface area (Å²) in [4.78, 5) is 12.9. The van der Waals surface area contributed by atoms with Crippen molar-refractivity contribution in [3.63, 3.8) is 0 Å². The molecule has 29 heavy (non-hydrogen) atoms. The van der Waals surface area contributed by atoms with E-state index in [-0.39, 0.29) is 12.5 Å². The Bertz CT molecular complexity index is 1040. The Kier molecular flexibility index (Phi) is 5.27. The smallest absolute Gasteiger partial charge is 0.257 e.